The molecule has 0 saturated heterocycles. The fourth-order valence-electron chi connectivity index (χ4n) is 1.14. The van der Waals surface area contributed by atoms with Crippen LogP contribution in [0.15, 0.2) is 23.0 Å². The van der Waals surface area contributed by atoms with Crippen LogP contribution in [-0.2, 0) is 0 Å². The van der Waals surface area contributed by atoms with Crippen molar-refractivity contribution in [1.29, 1.82) is 0 Å². The van der Waals surface area contributed by atoms with Crippen LogP contribution in [0.4, 0.5) is 14.5 Å². The zero-order valence-corrected chi connectivity index (χ0v) is 7.55. The summed E-state index contributed by atoms with van der Waals surface area (Å²) in [5.41, 5.74) is -1.14. The minimum atomic E-state index is -1.25. The molecule has 0 unspecified atom stereocenters. The Morgan fingerprint density at radius 2 is 2.06 bits per heavy atom. The van der Waals surface area contributed by atoms with Gasteiger partial charge in [-0.2, -0.15) is 9.37 Å². The summed E-state index contributed by atoms with van der Waals surface area (Å²) in [4.78, 5) is 13.0. The lowest BCUT2D eigenvalue weighted by atomic mass is 10.1. The molecule has 8 heteroatoms. The second-order valence-electron chi connectivity index (χ2n) is 2.80. The highest BCUT2D eigenvalue weighted by Crippen LogP contribution is 2.27. The summed E-state index contributed by atoms with van der Waals surface area (Å²) in [6, 6.07) is 1.12. The minimum Gasteiger partial charge on any atom is -0.342 e. The summed E-state index contributed by atoms with van der Waals surface area (Å²) in [6.45, 7) is 0. The molecule has 2 aromatic rings. The molecule has 0 saturated carbocycles. The number of halogens is 2. The first-order chi connectivity index (χ1) is 7.59. The summed E-state index contributed by atoms with van der Waals surface area (Å²) < 4.78 is 30.6. The number of benzene rings is 1. The molecule has 0 aliphatic heterocycles. The molecule has 0 spiro atoms. The molecule has 1 aromatic heterocycles. The molecule has 0 aliphatic rings. The Bertz CT molecular complexity index is 542. The molecule has 1 aromatic carbocycles. The summed E-state index contributed by atoms with van der Waals surface area (Å²) >= 11 is 0. The number of nitro groups is 1. The smallest absolute Gasteiger partial charge is 0.305 e. The minimum absolute atomic E-state index is 0.180. The zero-order chi connectivity index (χ0) is 11.7. The van der Waals surface area contributed by atoms with E-state index in [9.17, 15) is 18.9 Å². The third kappa shape index (κ3) is 1.60. The summed E-state index contributed by atoms with van der Waals surface area (Å²) in [7, 11) is 0. The van der Waals surface area contributed by atoms with Crippen LogP contribution >= 0.6 is 0 Å². The van der Waals surface area contributed by atoms with Crippen molar-refractivity contribution in [2.45, 2.75) is 0 Å². The van der Waals surface area contributed by atoms with E-state index in [1.54, 1.807) is 0 Å². The molecule has 16 heavy (non-hydrogen) atoms. The highest BCUT2D eigenvalue weighted by molar-refractivity contribution is 5.59. The van der Waals surface area contributed by atoms with E-state index in [-0.39, 0.29) is 11.4 Å². The third-order valence-electron chi connectivity index (χ3n) is 1.84. The number of nitrogens with zero attached hydrogens (tertiary/aromatic N) is 3. The van der Waals surface area contributed by atoms with Gasteiger partial charge in [-0.1, -0.05) is 5.16 Å². The van der Waals surface area contributed by atoms with Gasteiger partial charge in [0, 0.05) is 12.1 Å². The second kappa shape index (κ2) is 3.65. The van der Waals surface area contributed by atoms with Gasteiger partial charge in [-0.05, 0) is 0 Å². The molecule has 0 amide bonds. The van der Waals surface area contributed by atoms with Gasteiger partial charge in [0.1, 0.15) is 5.82 Å². The highest BCUT2D eigenvalue weighted by Gasteiger charge is 2.21. The van der Waals surface area contributed by atoms with Gasteiger partial charge in [0.15, 0.2) is 0 Å². The van der Waals surface area contributed by atoms with Crippen molar-refractivity contribution >= 4 is 5.69 Å². The van der Waals surface area contributed by atoms with Crippen molar-refractivity contribution in [2.24, 2.45) is 0 Å². The molecule has 0 fully saturated rings. The molecular formula is C8H3F2N3O3. The SMILES string of the molecule is O=[N+]([O-])c1cc(-c2ncon2)c(F)cc1F. The van der Waals surface area contributed by atoms with E-state index < -0.39 is 22.2 Å². The Morgan fingerprint density at radius 1 is 1.31 bits per heavy atom. The number of nitro benzene ring substituents is 1. The molecule has 0 atom stereocenters. The van der Waals surface area contributed by atoms with Crippen LogP contribution in [-0.4, -0.2) is 15.1 Å². The largest absolute Gasteiger partial charge is 0.342 e. The van der Waals surface area contributed by atoms with Crippen molar-refractivity contribution < 1.29 is 18.2 Å². The molecule has 0 radical (unpaired) electrons. The van der Waals surface area contributed by atoms with E-state index >= 15 is 0 Å². The first kappa shape index (κ1) is 10.1. The Hall–Kier alpha value is -2.38. The van der Waals surface area contributed by atoms with E-state index in [1.807, 2.05) is 0 Å². The Kier molecular flexibility index (Phi) is 2.31. The second-order valence-corrected chi connectivity index (χ2v) is 2.80. The predicted molar refractivity (Wildman–Crippen MR) is 46.3 cm³/mol. The topological polar surface area (TPSA) is 82.1 Å². The van der Waals surface area contributed by atoms with E-state index in [4.69, 9.17) is 0 Å². The average Bonchev–Trinajstić information content (AvgIpc) is 2.70. The Morgan fingerprint density at radius 3 is 2.62 bits per heavy atom. The van der Waals surface area contributed by atoms with Gasteiger partial charge in [-0.3, -0.25) is 10.1 Å². The predicted octanol–water partition coefficient (Wildman–Crippen LogP) is 1.92. The maximum absolute atomic E-state index is 13.3. The number of aromatic nitrogens is 2. The lowest BCUT2D eigenvalue weighted by Crippen LogP contribution is -1.96. The van der Waals surface area contributed by atoms with Crippen molar-refractivity contribution in [1.82, 2.24) is 10.1 Å². The first-order valence-electron chi connectivity index (χ1n) is 4.00. The first-order valence-corrected chi connectivity index (χ1v) is 4.00. The fraction of sp³-hybridized carbons (Fsp3) is 0. The maximum Gasteiger partial charge on any atom is 0.305 e. The Balaban J connectivity index is 2.63. The molecule has 82 valence electrons. The van der Waals surface area contributed by atoms with Crippen molar-refractivity contribution in [2.75, 3.05) is 0 Å². The summed E-state index contributed by atoms with van der Waals surface area (Å²) in [5.74, 6) is -2.43. The van der Waals surface area contributed by atoms with Gasteiger partial charge in [-0.15, -0.1) is 0 Å². The van der Waals surface area contributed by atoms with Crippen LogP contribution < -0.4 is 0 Å². The maximum atomic E-state index is 13.3. The molecule has 6 nitrogen and oxygen atoms in total. The van der Waals surface area contributed by atoms with Gasteiger partial charge >= 0.3 is 5.69 Å². The Labute approximate surface area is 86.7 Å². The fourth-order valence-corrected chi connectivity index (χ4v) is 1.14. The van der Waals surface area contributed by atoms with Gasteiger partial charge in [0.05, 0.1) is 10.5 Å². The molecule has 0 N–H and O–H groups in total. The number of hydrogen-bond acceptors (Lipinski definition) is 5. The van der Waals surface area contributed by atoms with Crippen LogP contribution in [0.1, 0.15) is 0 Å². The monoisotopic (exact) mass is 227 g/mol. The molecule has 2 rings (SSSR count). The van der Waals surface area contributed by atoms with Gasteiger partial charge in [0.2, 0.25) is 18.0 Å². The van der Waals surface area contributed by atoms with E-state index in [0.29, 0.717) is 6.07 Å². The summed E-state index contributed by atoms with van der Waals surface area (Å²) in [6.07, 6.45) is 0.934. The normalized spacial score (nSPS) is 10.4. The molecule has 1 heterocycles. The summed E-state index contributed by atoms with van der Waals surface area (Å²) in [5, 5.41) is 13.7. The van der Waals surface area contributed by atoms with Crippen molar-refractivity contribution in [3.63, 3.8) is 0 Å². The number of rotatable bonds is 2. The third-order valence-corrected chi connectivity index (χ3v) is 1.84. The van der Waals surface area contributed by atoms with Gasteiger partial charge < -0.3 is 4.52 Å². The van der Waals surface area contributed by atoms with Crippen LogP contribution in [0.3, 0.4) is 0 Å². The van der Waals surface area contributed by atoms with Crippen molar-refractivity contribution in [3.8, 4) is 11.4 Å². The average molecular weight is 227 g/mol. The van der Waals surface area contributed by atoms with Crippen LogP contribution in [0.2, 0.25) is 0 Å². The lowest BCUT2D eigenvalue weighted by Gasteiger charge is -1.99. The van der Waals surface area contributed by atoms with E-state index in [0.717, 1.165) is 12.5 Å². The standard InChI is InChI=1S/C8H3F2N3O3/c9-5-2-6(10)7(13(14)15)1-4(5)8-11-3-16-12-8/h1-3H. The van der Waals surface area contributed by atoms with Crippen LogP contribution in [0, 0.1) is 21.7 Å². The van der Waals surface area contributed by atoms with Crippen LogP contribution in [0.25, 0.3) is 11.4 Å². The molecule has 0 bridgehead atoms. The molecular weight excluding hydrogens is 224 g/mol. The van der Waals surface area contributed by atoms with Crippen molar-refractivity contribution in [3.05, 3.63) is 40.3 Å². The highest BCUT2D eigenvalue weighted by atomic mass is 19.1. The van der Waals surface area contributed by atoms with Crippen LogP contribution in [0.5, 0.6) is 0 Å². The molecule has 0 aliphatic carbocycles. The lowest BCUT2D eigenvalue weighted by molar-refractivity contribution is -0.387. The van der Waals surface area contributed by atoms with Gasteiger partial charge in [0.25, 0.3) is 0 Å². The zero-order valence-electron chi connectivity index (χ0n) is 7.55. The van der Waals surface area contributed by atoms with Gasteiger partial charge in [-0.25, -0.2) is 4.39 Å². The quantitative estimate of drug-likeness (QED) is 0.578. The number of hydrogen-bond donors (Lipinski definition) is 0. The van der Waals surface area contributed by atoms with E-state index in [1.165, 1.54) is 0 Å². The van der Waals surface area contributed by atoms with E-state index in [2.05, 4.69) is 14.7 Å².